The quantitative estimate of drug-likeness (QED) is 0.536. The van der Waals surface area contributed by atoms with Crippen molar-refractivity contribution in [1.29, 1.82) is 0 Å². The van der Waals surface area contributed by atoms with Crippen LogP contribution in [0.3, 0.4) is 0 Å². The van der Waals surface area contributed by atoms with Crippen LogP contribution in [0.1, 0.15) is 40.5 Å². The number of benzene rings is 1. The molecule has 2 N–H and O–H groups in total. The van der Waals surface area contributed by atoms with E-state index < -0.39 is 0 Å². The number of carbonyl (C=O) groups is 1. The number of carbonyl (C=O) groups excluding carboxylic acids is 1. The highest BCUT2D eigenvalue weighted by molar-refractivity contribution is 6.30. The molecule has 1 saturated heterocycles. The van der Waals surface area contributed by atoms with Gasteiger partial charge in [0, 0.05) is 36.6 Å². The zero-order valence-electron chi connectivity index (χ0n) is 17.4. The Hall–Kier alpha value is -1.95. The Morgan fingerprint density at radius 2 is 2.04 bits per heavy atom. The molecule has 1 aliphatic rings. The molecule has 7 heteroatoms. The van der Waals surface area contributed by atoms with Crippen molar-refractivity contribution in [2.24, 2.45) is 10.9 Å². The number of likely N-dealkylation sites (tertiary alicyclic amines) is 1. The van der Waals surface area contributed by atoms with E-state index in [1.807, 2.05) is 50.8 Å². The summed E-state index contributed by atoms with van der Waals surface area (Å²) >= 11 is 6.00. The second kappa shape index (κ2) is 11.1. The van der Waals surface area contributed by atoms with Crippen molar-refractivity contribution >= 4 is 23.5 Å². The number of amides is 1. The average Bonchev–Trinajstić information content (AvgIpc) is 2.66. The van der Waals surface area contributed by atoms with E-state index in [0.717, 1.165) is 44.2 Å². The van der Waals surface area contributed by atoms with Crippen LogP contribution in [-0.4, -0.2) is 55.1 Å². The third-order valence-electron chi connectivity index (χ3n) is 4.63. The number of nitrogens with one attached hydrogen (secondary N) is 2. The minimum absolute atomic E-state index is 0.0596. The van der Waals surface area contributed by atoms with E-state index in [0.29, 0.717) is 17.6 Å². The Bertz CT molecular complexity index is 658. The number of nitrogens with zero attached hydrogens (tertiary/aromatic N) is 2. The maximum atomic E-state index is 12.1. The third-order valence-corrected chi connectivity index (χ3v) is 4.86. The van der Waals surface area contributed by atoms with Crippen LogP contribution in [0.5, 0.6) is 5.75 Å². The summed E-state index contributed by atoms with van der Waals surface area (Å²) in [6.45, 7) is 10.9. The van der Waals surface area contributed by atoms with E-state index in [1.165, 1.54) is 0 Å². The molecule has 0 spiro atoms. The molecule has 2 rings (SSSR count). The van der Waals surface area contributed by atoms with E-state index in [9.17, 15) is 4.79 Å². The number of halogens is 1. The molecule has 0 aliphatic carbocycles. The van der Waals surface area contributed by atoms with Crippen LogP contribution < -0.4 is 15.4 Å². The lowest BCUT2D eigenvalue weighted by atomic mass is 10.0. The zero-order valence-corrected chi connectivity index (χ0v) is 18.1. The van der Waals surface area contributed by atoms with Crippen molar-refractivity contribution < 1.29 is 9.53 Å². The van der Waals surface area contributed by atoms with Gasteiger partial charge in [-0.1, -0.05) is 31.5 Å². The van der Waals surface area contributed by atoms with Gasteiger partial charge in [-0.3, -0.25) is 4.79 Å². The van der Waals surface area contributed by atoms with Crippen molar-refractivity contribution in [1.82, 2.24) is 15.5 Å². The lowest BCUT2D eigenvalue weighted by Gasteiger charge is -2.34. The highest BCUT2D eigenvalue weighted by Crippen LogP contribution is 2.18. The molecule has 1 aromatic rings. The highest BCUT2D eigenvalue weighted by atomic mass is 35.5. The molecule has 0 bridgehead atoms. The van der Waals surface area contributed by atoms with Gasteiger partial charge < -0.3 is 20.3 Å². The normalized spacial score (nSPS) is 16.8. The minimum Gasteiger partial charge on any atom is -0.489 e. The molecule has 0 aromatic heterocycles. The lowest BCUT2D eigenvalue weighted by molar-refractivity contribution is -0.135. The molecule has 1 fully saturated rings. The number of ether oxygens (including phenoxy) is 1. The molecule has 0 radical (unpaired) electrons. The van der Waals surface area contributed by atoms with Crippen LogP contribution in [0.4, 0.5) is 0 Å². The van der Waals surface area contributed by atoms with Crippen LogP contribution in [0, 0.1) is 5.92 Å². The van der Waals surface area contributed by atoms with Gasteiger partial charge in [-0.25, -0.2) is 4.99 Å². The number of rotatable bonds is 7. The van der Waals surface area contributed by atoms with Crippen molar-refractivity contribution in [2.45, 2.75) is 52.7 Å². The second-order valence-electron chi connectivity index (χ2n) is 7.50. The van der Waals surface area contributed by atoms with Crippen LogP contribution >= 0.6 is 11.6 Å². The number of hydrogen-bond donors (Lipinski definition) is 2. The summed E-state index contributed by atoms with van der Waals surface area (Å²) < 4.78 is 5.89. The van der Waals surface area contributed by atoms with Gasteiger partial charge in [0.05, 0.1) is 6.54 Å². The van der Waals surface area contributed by atoms with Crippen molar-refractivity contribution in [3.8, 4) is 5.75 Å². The molecule has 1 atom stereocenters. The predicted octanol–water partition coefficient (Wildman–Crippen LogP) is 3.31. The monoisotopic (exact) mass is 408 g/mol. The van der Waals surface area contributed by atoms with Gasteiger partial charge in [0.15, 0.2) is 5.96 Å². The molecule has 6 nitrogen and oxygen atoms in total. The Morgan fingerprint density at radius 3 is 2.64 bits per heavy atom. The molecule has 28 heavy (non-hydrogen) atoms. The van der Waals surface area contributed by atoms with E-state index in [1.54, 1.807) is 6.07 Å². The number of piperidine rings is 1. The van der Waals surface area contributed by atoms with Gasteiger partial charge in [0.2, 0.25) is 5.91 Å². The van der Waals surface area contributed by atoms with Crippen molar-refractivity contribution in [3.63, 3.8) is 0 Å². The average molecular weight is 409 g/mol. The van der Waals surface area contributed by atoms with Crippen LogP contribution in [0.25, 0.3) is 0 Å². The smallest absolute Gasteiger partial charge is 0.225 e. The summed E-state index contributed by atoms with van der Waals surface area (Å²) in [5.74, 6) is 1.84. The van der Waals surface area contributed by atoms with E-state index in [2.05, 4.69) is 15.6 Å². The molecule has 1 aromatic carbocycles. The zero-order chi connectivity index (χ0) is 20.5. The van der Waals surface area contributed by atoms with Crippen molar-refractivity contribution in [2.75, 3.05) is 26.2 Å². The molecule has 156 valence electrons. The van der Waals surface area contributed by atoms with Gasteiger partial charge in [0.25, 0.3) is 0 Å². The summed E-state index contributed by atoms with van der Waals surface area (Å²) in [7, 11) is 0. The number of hydrogen-bond acceptors (Lipinski definition) is 3. The van der Waals surface area contributed by atoms with E-state index >= 15 is 0 Å². The summed E-state index contributed by atoms with van der Waals surface area (Å²) in [4.78, 5) is 18.8. The van der Waals surface area contributed by atoms with Crippen LogP contribution in [0.2, 0.25) is 5.02 Å². The fourth-order valence-electron chi connectivity index (χ4n) is 3.15. The molecule has 0 saturated carbocycles. The first-order valence-electron chi connectivity index (χ1n) is 10.1. The van der Waals surface area contributed by atoms with Gasteiger partial charge in [0.1, 0.15) is 11.9 Å². The molecule has 1 amide bonds. The first-order valence-corrected chi connectivity index (χ1v) is 10.5. The molecular formula is C21H33ClN4O2. The van der Waals surface area contributed by atoms with Gasteiger partial charge in [-0.2, -0.15) is 0 Å². The Labute approximate surface area is 173 Å². The van der Waals surface area contributed by atoms with Crippen molar-refractivity contribution in [3.05, 3.63) is 29.3 Å². The lowest BCUT2D eigenvalue weighted by Crippen LogP contribution is -2.50. The predicted molar refractivity (Wildman–Crippen MR) is 115 cm³/mol. The number of guanidine groups is 1. The second-order valence-corrected chi connectivity index (χ2v) is 7.94. The van der Waals surface area contributed by atoms with Crippen LogP contribution in [-0.2, 0) is 4.79 Å². The Kier molecular flexibility index (Phi) is 8.90. The molecular weight excluding hydrogens is 376 g/mol. The fraction of sp³-hybridized carbons (Fsp3) is 0.619. The summed E-state index contributed by atoms with van der Waals surface area (Å²) in [6, 6.07) is 7.71. The maximum absolute atomic E-state index is 12.1. The summed E-state index contributed by atoms with van der Waals surface area (Å²) in [6.07, 6.45) is 1.79. The Morgan fingerprint density at radius 1 is 1.32 bits per heavy atom. The third kappa shape index (κ3) is 7.23. The number of aliphatic imine (C=N–C) groups is 1. The summed E-state index contributed by atoms with van der Waals surface area (Å²) in [5, 5.41) is 7.45. The largest absolute Gasteiger partial charge is 0.489 e. The fourth-order valence-corrected chi connectivity index (χ4v) is 3.33. The molecule has 1 unspecified atom stereocenters. The highest BCUT2D eigenvalue weighted by Gasteiger charge is 2.24. The summed E-state index contributed by atoms with van der Waals surface area (Å²) in [5.41, 5.74) is 0. The first-order chi connectivity index (χ1) is 13.4. The molecule has 1 heterocycles. The van der Waals surface area contributed by atoms with E-state index in [4.69, 9.17) is 16.3 Å². The topological polar surface area (TPSA) is 66.0 Å². The standard InChI is InChI=1S/C21H33ClN4O2/c1-5-23-21(24-14-16(4)28-19-8-6-7-17(22)13-19)25-18-9-11-26(12-10-18)20(27)15(2)3/h6-8,13,15-16,18H,5,9-12,14H2,1-4H3,(H2,23,24,25). The first kappa shape index (κ1) is 22.3. The van der Waals surface area contributed by atoms with Crippen LogP contribution in [0.15, 0.2) is 29.3 Å². The van der Waals surface area contributed by atoms with E-state index in [-0.39, 0.29) is 17.9 Å². The molecule has 1 aliphatic heterocycles. The maximum Gasteiger partial charge on any atom is 0.225 e. The minimum atomic E-state index is -0.0700. The Balaban J connectivity index is 1.84. The van der Waals surface area contributed by atoms with Gasteiger partial charge in [-0.05, 0) is 44.9 Å². The SMILES string of the molecule is CCNC(=NCC(C)Oc1cccc(Cl)c1)NC1CCN(C(=O)C(C)C)CC1. The van der Waals surface area contributed by atoms with Gasteiger partial charge in [-0.15, -0.1) is 0 Å². The van der Waals surface area contributed by atoms with Gasteiger partial charge >= 0.3 is 0 Å².